The molecule has 0 aliphatic carbocycles. The topological polar surface area (TPSA) is 137 Å². The van der Waals surface area contributed by atoms with E-state index in [1.54, 1.807) is 25.1 Å². The maximum absolute atomic E-state index is 15.0. The quantitative estimate of drug-likeness (QED) is 0.255. The van der Waals surface area contributed by atoms with E-state index in [9.17, 15) is 26.9 Å². The molecule has 1 amide bonds. The van der Waals surface area contributed by atoms with Gasteiger partial charge in [0.1, 0.15) is 10.6 Å². The first-order chi connectivity index (χ1) is 23.0. The van der Waals surface area contributed by atoms with Crippen LogP contribution in [0.2, 0.25) is 0 Å². The van der Waals surface area contributed by atoms with Crippen molar-refractivity contribution in [3.63, 3.8) is 0 Å². The van der Waals surface area contributed by atoms with Crippen molar-refractivity contribution < 1.29 is 35.9 Å². The van der Waals surface area contributed by atoms with Crippen LogP contribution in [-0.4, -0.2) is 58.5 Å². The minimum Gasteiger partial charge on any atom is -0.478 e. The second-order valence-corrected chi connectivity index (χ2v) is 12.6. The van der Waals surface area contributed by atoms with Crippen molar-refractivity contribution in [3.05, 3.63) is 102 Å². The van der Waals surface area contributed by atoms with Crippen molar-refractivity contribution >= 4 is 33.0 Å². The van der Waals surface area contributed by atoms with E-state index < -0.39 is 38.5 Å². The third kappa shape index (κ3) is 5.84. The van der Waals surface area contributed by atoms with Crippen LogP contribution < -0.4 is 29.3 Å². The van der Waals surface area contributed by atoms with Gasteiger partial charge in [0.2, 0.25) is 5.88 Å². The number of carbonyl (C=O) groups excluding carboxylic acids is 1. The van der Waals surface area contributed by atoms with Gasteiger partial charge < -0.3 is 25.0 Å². The van der Waals surface area contributed by atoms with Gasteiger partial charge in [0.25, 0.3) is 15.9 Å². The van der Waals surface area contributed by atoms with Crippen molar-refractivity contribution in [2.24, 2.45) is 0 Å². The number of benzene rings is 3. The third-order valence-electron chi connectivity index (χ3n) is 7.98. The number of hydrogen-bond donors (Lipinski definition) is 2. The summed E-state index contributed by atoms with van der Waals surface area (Å²) < 4.78 is 79.2. The molecule has 248 valence electrons. The molecular formula is C33H29F3N6O5S. The average molecular weight is 679 g/mol. The van der Waals surface area contributed by atoms with Gasteiger partial charge >= 0.3 is 6.36 Å². The molecule has 1 unspecified atom stereocenters. The first-order valence-corrected chi connectivity index (χ1v) is 16.3. The number of sulfonamides is 1. The molecule has 1 fully saturated rings. The molecule has 2 aliphatic rings. The van der Waals surface area contributed by atoms with Gasteiger partial charge in [0.05, 0.1) is 29.5 Å². The lowest BCUT2D eigenvalue weighted by molar-refractivity contribution is -0.275. The molecular weight excluding hydrogens is 649 g/mol. The fourth-order valence-electron chi connectivity index (χ4n) is 5.94. The lowest BCUT2D eigenvalue weighted by atomic mass is 9.83. The van der Waals surface area contributed by atoms with E-state index in [1.807, 2.05) is 18.2 Å². The van der Waals surface area contributed by atoms with E-state index in [0.717, 1.165) is 44.0 Å². The molecule has 11 nitrogen and oxygen atoms in total. The molecule has 1 aromatic heterocycles. The third-order valence-corrected chi connectivity index (χ3v) is 9.72. The van der Waals surface area contributed by atoms with E-state index >= 15 is 4.79 Å². The number of piperazine rings is 1. The number of aromatic nitrogens is 1. The molecule has 0 spiro atoms. The molecule has 0 radical (unpaired) electrons. The fraction of sp³-hybridized carbons (Fsp3) is 0.242. The maximum Gasteiger partial charge on any atom is 0.573 e. The van der Waals surface area contributed by atoms with Crippen molar-refractivity contribution in [2.75, 3.05) is 47.3 Å². The Morgan fingerprint density at radius 3 is 2.44 bits per heavy atom. The number of nitriles is 1. The summed E-state index contributed by atoms with van der Waals surface area (Å²) in [5.41, 5.74) is -0.656. The van der Waals surface area contributed by atoms with Crippen molar-refractivity contribution in [3.8, 4) is 17.7 Å². The summed E-state index contributed by atoms with van der Waals surface area (Å²) in [7, 11) is -5.08. The SMILES string of the molecule is CCOc1ncccc1C1(Nc2ccc(N3CCNCC3)cc2)C(=O)N(S(=O)(=O)c2ccccc2OC(F)(F)F)c2ccc(C#N)cc21. The van der Waals surface area contributed by atoms with Gasteiger partial charge in [-0.1, -0.05) is 12.1 Å². The summed E-state index contributed by atoms with van der Waals surface area (Å²) in [6, 6.07) is 20.4. The number of rotatable bonds is 9. The minimum atomic E-state index is -5.22. The zero-order valence-electron chi connectivity index (χ0n) is 25.5. The summed E-state index contributed by atoms with van der Waals surface area (Å²) >= 11 is 0. The van der Waals surface area contributed by atoms with Crippen LogP contribution in [0.1, 0.15) is 23.6 Å². The maximum atomic E-state index is 15.0. The molecule has 0 bridgehead atoms. The second-order valence-electron chi connectivity index (χ2n) is 10.9. The van der Waals surface area contributed by atoms with E-state index in [-0.39, 0.29) is 34.9 Å². The molecule has 15 heteroatoms. The van der Waals surface area contributed by atoms with Crippen LogP contribution in [0.4, 0.5) is 30.2 Å². The Morgan fingerprint density at radius 2 is 1.75 bits per heavy atom. The van der Waals surface area contributed by atoms with Crippen molar-refractivity contribution in [2.45, 2.75) is 23.7 Å². The molecule has 1 atom stereocenters. The van der Waals surface area contributed by atoms with Crippen LogP contribution in [0.5, 0.6) is 11.6 Å². The molecule has 2 N–H and O–H groups in total. The number of fused-ring (bicyclic) bond motifs is 1. The summed E-state index contributed by atoms with van der Waals surface area (Å²) in [4.78, 5) is 20.6. The molecule has 4 aromatic rings. The number of carbonyl (C=O) groups is 1. The van der Waals surface area contributed by atoms with E-state index in [2.05, 4.69) is 25.3 Å². The number of ether oxygens (including phenoxy) is 2. The zero-order chi connectivity index (χ0) is 34.1. The van der Waals surface area contributed by atoms with Crippen LogP contribution >= 0.6 is 0 Å². The number of hydrogen-bond acceptors (Lipinski definition) is 10. The van der Waals surface area contributed by atoms with Crippen molar-refractivity contribution in [1.29, 1.82) is 5.26 Å². The molecule has 3 aromatic carbocycles. The summed E-state index contributed by atoms with van der Waals surface area (Å²) in [6.07, 6.45) is -3.78. The Hall–Kier alpha value is -5.33. The van der Waals surface area contributed by atoms with Gasteiger partial charge in [-0.25, -0.2) is 13.4 Å². The monoisotopic (exact) mass is 678 g/mol. The first kappa shape index (κ1) is 32.6. The van der Waals surface area contributed by atoms with E-state index in [1.165, 1.54) is 42.6 Å². The highest BCUT2D eigenvalue weighted by Crippen LogP contribution is 2.51. The Bertz CT molecular complexity index is 2000. The highest BCUT2D eigenvalue weighted by molar-refractivity contribution is 7.93. The highest BCUT2D eigenvalue weighted by atomic mass is 32.2. The molecule has 6 rings (SSSR count). The van der Waals surface area contributed by atoms with Gasteiger partial charge in [0, 0.05) is 49.3 Å². The standard InChI is InChI=1S/C33H29F3N6O5S/c1-2-46-30-25(6-5-15-39-30)32(40-23-10-12-24(13-11-23)41-18-16-38-17-19-41)26-20-22(21-37)9-14-27(26)42(31(32)43)48(44,45)29-8-4-3-7-28(29)47-33(34,35)36/h3-15,20,38,40H,2,16-19H2,1H3. The molecule has 3 heterocycles. The Morgan fingerprint density at radius 1 is 1.02 bits per heavy atom. The van der Waals surface area contributed by atoms with Crippen LogP contribution in [0.3, 0.4) is 0 Å². The smallest absolute Gasteiger partial charge is 0.478 e. The summed E-state index contributed by atoms with van der Waals surface area (Å²) in [5, 5.41) is 16.4. The fourth-order valence-corrected chi connectivity index (χ4v) is 7.53. The lowest BCUT2D eigenvalue weighted by Crippen LogP contribution is -2.49. The minimum absolute atomic E-state index is 0.00616. The summed E-state index contributed by atoms with van der Waals surface area (Å²) in [5.74, 6) is -2.10. The number of pyridine rings is 1. The van der Waals surface area contributed by atoms with E-state index in [0.29, 0.717) is 9.99 Å². The normalized spacial score (nSPS) is 17.9. The second kappa shape index (κ2) is 12.7. The van der Waals surface area contributed by atoms with Crippen LogP contribution in [0, 0.1) is 11.3 Å². The first-order valence-electron chi connectivity index (χ1n) is 14.9. The van der Waals surface area contributed by atoms with Gasteiger partial charge in [0.15, 0.2) is 5.54 Å². The molecule has 0 saturated carbocycles. The van der Waals surface area contributed by atoms with E-state index in [4.69, 9.17) is 4.74 Å². The Labute approximate surface area is 274 Å². The van der Waals surface area contributed by atoms with Crippen LogP contribution in [0.25, 0.3) is 0 Å². The predicted molar refractivity (Wildman–Crippen MR) is 170 cm³/mol. The largest absolute Gasteiger partial charge is 0.573 e. The van der Waals surface area contributed by atoms with Crippen LogP contribution in [-0.2, 0) is 20.4 Å². The molecule has 2 aliphatic heterocycles. The number of nitrogens with zero attached hydrogens (tertiary/aromatic N) is 4. The lowest BCUT2D eigenvalue weighted by Gasteiger charge is -2.33. The van der Waals surface area contributed by atoms with Gasteiger partial charge in [-0.05, 0) is 73.7 Å². The predicted octanol–water partition coefficient (Wildman–Crippen LogP) is 4.75. The zero-order valence-corrected chi connectivity index (χ0v) is 26.3. The number of para-hydroxylation sites is 1. The van der Waals surface area contributed by atoms with Crippen LogP contribution in [0.15, 0.2) is 90.0 Å². The number of halogens is 3. The average Bonchev–Trinajstić information content (AvgIpc) is 3.32. The molecule has 1 saturated heterocycles. The number of nitrogens with one attached hydrogen (secondary N) is 2. The highest BCUT2D eigenvalue weighted by Gasteiger charge is 2.58. The van der Waals surface area contributed by atoms with Crippen molar-refractivity contribution in [1.82, 2.24) is 10.3 Å². The Balaban J connectivity index is 1.57. The number of alkyl halides is 3. The summed E-state index contributed by atoms with van der Waals surface area (Å²) in [6.45, 7) is 5.07. The Kier molecular flexibility index (Phi) is 8.63. The van der Waals surface area contributed by atoms with Gasteiger partial charge in [-0.15, -0.1) is 13.2 Å². The number of amides is 1. The van der Waals surface area contributed by atoms with Gasteiger partial charge in [-0.2, -0.15) is 9.57 Å². The van der Waals surface area contributed by atoms with Gasteiger partial charge in [-0.3, -0.25) is 4.79 Å². The molecule has 48 heavy (non-hydrogen) atoms. The number of anilines is 3.